The Morgan fingerprint density at radius 1 is 1.23 bits per heavy atom. The topological polar surface area (TPSA) is 83.8 Å². The Morgan fingerprint density at radius 3 is 2.65 bits per heavy atom. The minimum absolute atomic E-state index is 0.157. The smallest absolute Gasteiger partial charge is 0.332 e. The number of aliphatic carboxylic acids is 1. The molecule has 0 aliphatic rings. The van der Waals surface area contributed by atoms with Crippen LogP contribution in [0, 0.1) is 0 Å². The summed E-state index contributed by atoms with van der Waals surface area (Å²) in [5.41, 5.74) is 2.38. The summed E-state index contributed by atoms with van der Waals surface area (Å²) in [5, 5.41) is 14.7. The van der Waals surface area contributed by atoms with Crippen molar-refractivity contribution in [1.29, 1.82) is 0 Å². The van der Waals surface area contributed by atoms with Crippen molar-refractivity contribution in [2.45, 2.75) is 52.4 Å². The van der Waals surface area contributed by atoms with Gasteiger partial charge in [-0.2, -0.15) is 0 Å². The summed E-state index contributed by atoms with van der Waals surface area (Å²) in [6.07, 6.45) is 10.3. The van der Waals surface area contributed by atoms with Crippen molar-refractivity contribution in [2.24, 2.45) is 4.99 Å². The summed E-state index contributed by atoms with van der Waals surface area (Å²) in [7, 11) is 0. The molecule has 0 amide bonds. The Balaban J connectivity index is 1.79. The summed E-state index contributed by atoms with van der Waals surface area (Å²) in [5.74, 6) is -0.130. The molecule has 7 heteroatoms. The van der Waals surface area contributed by atoms with Gasteiger partial charge >= 0.3 is 5.97 Å². The fraction of sp³-hybridized carbons (Fsp3) is 0.375. The van der Waals surface area contributed by atoms with Gasteiger partial charge in [0.05, 0.1) is 17.9 Å². The third-order valence-corrected chi connectivity index (χ3v) is 5.30. The average Bonchev–Trinajstić information content (AvgIpc) is 3.22. The molecular weight excluding hydrogens is 410 g/mol. The molecule has 0 unspecified atom stereocenters. The van der Waals surface area contributed by atoms with Crippen molar-refractivity contribution in [1.82, 2.24) is 4.98 Å². The monoisotopic (exact) mass is 441 g/mol. The highest BCUT2D eigenvalue weighted by molar-refractivity contribution is 7.13. The van der Waals surface area contributed by atoms with E-state index < -0.39 is 5.97 Å². The van der Waals surface area contributed by atoms with Gasteiger partial charge in [-0.05, 0) is 37.6 Å². The summed E-state index contributed by atoms with van der Waals surface area (Å²) >= 11 is 1.46. The molecule has 0 radical (unpaired) electrons. The highest BCUT2D eigenvalue weighted by Gasteiger charge is 2.05. The van der Waals surface area contributed by atoms with Gasteiger partial charge in [0.1, 0.15) is 5.75 Å². The van der Waals surface area contributed by atoms with E-state index in [2.05, 4.69) is 28.8 Å². The molecule has 2 N–H and O–H groups in total. The van der Waals surface area contributed by atoms with Crippen LogP contribution in [-0.4, -0.2) is 28.9 Å². The van der Waals surface area contributed by atoms with Crippen molar-refractivity contribution in [3.63, 3.8) is 0 Å². The number of carboxylic acids is 1. The van der Waals surface area contributed by atoms with Gasteiger partial charge in [0.15, 0.2) is 5.13 Å². The molecule has 0 aliphatic carbocycles. The molecule has 0 fully saturated rings. The molecule has 0 atom stereocenters. The van der Waals surface area contributed by atoms with E-state index in [-0.39, 0.29) is 5.57 Å². The first kappa shape index (κ1) is 24.3. The third kappa shape index (κ3) is 9.17. The molecule has 1 aromatic heterocycles. The molecular formula is C24H31N3O3S. The first-order chi connectivity index (χ1) is 15.0. The van der Waals surface area contributed by atoms with Crippen LogP contribution in [0.15, 0.2) is 53.0 Å². The van der Waals surface area contributed by atoms with Crippen LogP contribution in [0.1, 0.15) is 58.1 Å². The average molecular weight is 442 g/mol. The number of hydrogen-bond donors (Lipinski definition) is 2. The minimum atomic E-state index is -0.998. The number of nitrogens with zero attached hydrogens (tertiary/aromatic N) is 2. The molecule has 2 aromatic rings. The number of nitrogens with one attached hydrogen (secondary N) is 1. The van der Waals surface area contributed by atoms with Crippen LogP contribution >= 0.6 is 11.3 Å². The minimum Gasteiger partial charge on any atom is -0.494 e. The van der Waals surface area contributed by atoms with Crippen molar-refractivity contribution >= 4 is 39.9 Å². The predicted octanol–water partition coefficient (Wildman–Crippen LogP) is 6.70. The molecule has 2 rings (SSSR count). The Hall–Kier alpha value is -2.93. The molecule has 0 aliphatic heterocycles. The van der Waals surface area contributed by atoms with Gasteiger partial charge in [-0.1, -0.05) is 45.6 Å². The molecule has 0 bridgehead atoms. The van der Waals surface area contributed by atoms with Gasteiger partial charge in [0.25, 0.3) is 0 Å². The molecule has 0 saturated carbocycles. The lowest BCUT2D eigenvalue weighted by Gasteiger charge is -2.08. The van der Waals surface area contributed by atoms with Gasteiger partial charge in [-0.15, -0.1) is 11.3 Å². The highest BCUT2D eigenvalue weighted by atomic mass is 32.1. The number of thiazole rings is 1. The number of hydrogen-bond acceptors (Lipinski definition) is 6. The maximum absolute atomic E-state index is 10.8. The number of anilines is 2. The van der Waals surface area contributed by atoms with Crippen LogP contribution in [0.3, 0.4) is 0 Å². The summed E-state index contributed by atoms with van der Waals surface area (Å²) in [6, 6.07) is 7.84. The van der Waals surface area contributed by atoms with Gasteiger partial charge in [-0.25, -0.2) is 9.78 Å². The van der Waals surface area contributed by atoms with E-state index in [1.54, 1.807) is 0 Å². The van der Waals surface area contributed by atoms with E-state index in [0.29, 0.717) is 11.3 Å². The van der Waals surface area contributed by atoms with Crippen LogP contribution in [0.25, 0.3) is 5.57 Å². The van der Waals surface area contributed by atoms with E-state index in [9.17, 15) is 4.79 Å². The molecule has 1 aromatic carbocycles. The Morgan fingerprint density at radius 2 is 1.94 bits per heavy atom. The fourth-order valence-corrected chi connectivity index (χ4v) is 3.42. The van der Waals surface area contributed by atoms with Crippen LogP contribution in [0.4, 0.5) is 10.8 Å². The molecule has 6 nitrogen and oxygen atoms in total. The number of rotatable bonds is 14. The molecule has 166 valence electrons. The maximum atomic E-state index is 10.8. The second-order valence-electron chi connectivity index (χ2n) is 7.22. The second-order valence-corrected chi connectivity index (χ2v) is 8.08. The van der Waals surface area contributed by atoms with E-state index in [1.165, 1.54) is 62.8 Å². The normalized spacial score (nSPS) is 11.6. The number of benzene rings is 1. The quantitative estimate of drug-likeness (QED) is 0.194. The summed E-state index contributed by atoms with van der Waals surface area (Å²) in [4.78, 5) is 19.2. The summed E-state index contributed by atoms with van der Waals surface area (Å²) in [6.45, 7) is 8.39. The second kappa shape index (κ2) is 13.4. The fourth-order valence-electron chi connectivity index (χ4n) is 2.67. The van der Waals surface area contributed by atoms with Crippen LogP contribution in [-0.2, 0) is 4.79 Å². The highest BCUT2D eigenvalue weighted by Crippen LogP contribution is 2.25. The number of unbranched alkanes of at least 4 members (excludes halogenated alkanes) is 5. The molecule has 31 heavy (non-hydrogen) atoms. The van der Waals surface area contributed by atoms with Crippen LogP contribution in [0.2, 0.25) is 0 Å². The van der Waals surface area contributed by atoms with E-state index in [1.807, 2.05) is 29.6 Å². The third-order valence-electron chi connectivity index (χ3n) is 4.54. The standard InChI is InChI=1S/C24H31N3O3S/c1-4-5-6-7-8-9-14-30-21-12-10-20(11-13-21)26-24-27-22(17-31-24)18(2)15-25-16-19(3)23(28)29/h10-13,15-17H,2,4-9,14H2,1,3H3,(H,26,27)(H,28,29)/b19-16+,25-15?. The maximum Gasteiger partial charge on any atom is 0.332 e. The largest absolute Gasteiger partial charge is 0.494 e. The van der Waals surface area contributed by atoms with Crippen LogP contribution in [0.5, 0.6) is 5.75 Å². The molecule has 0 saturated heterocycles. The van der Waals surface area contributed by atoms with Crippen molar-refractivity contribution in [2.75, 3.05) is 11.9 Å². The zero-order valence-corrected chi connectivity index (χ0v) is 19.1. The number of aliphatic imine (C=N–C) groups is 1. The number of carboxylic acid groups (broad SMARTS) is 1. The zero-order valence-electron chi connectivity index (χ0n) is 18.3. The Bertz CT molecular complexity index is 901. The lowest BCUT2D eigenvalue weighted by Crippen LogP contribution is -1.97. The van der Waals surface area contributed by atoms with Gasteiger partial charge in [0, 0.05) is 29.1 Å². The lowest BCUT2D eigenvalue weighted by atomic mass is 10.1. The Kier molecular flexibility index (Phi) is 10.5. The number of ether oxygens (including phenoxy) is 1. The van der Waals surface area contributed by atoms with Gasteiger partial charge in [-0.3, -0.25) is 4.99 Å². The van der Waals surface area contributed by atoms with Crippen molar-refractivity contribution in [3.8, 4) is 5.75 Å². The first-order valence-corrected chi connectivity index (χ1v) is 11.5. The predicted molar refractivity (Wildman–Crippen MR) is 130 cm³/mol. The van der Waals surface area contributed by atoms with E-state index >= 15 is 0 Å². The molecule has 0 spiro atoms. The number of allylic oxidation sites excluding steroid dienone is 1. The summed E-state index contributed by atoms with van der Waals surface area (Å²) < 4.78 is 5.81. The Labute approximate surface area is 188 Å². The zero-order chi connectivity index (χ0) is 22.5. The van der Waals surface area contributed by atoms with Gasteiger partial charge < -0.3 is 15.2 Å². The number of aromatic nitrogens is 1. The lowest BCUT2D eigenvalue weighted by molar-refractivity contribution is -0.132. The van der Waals surface area contributed by atoms with E-state index in [0.717, 1.165) is 29.6 Å². The van der Waals surface area contributed by atoms with Gasteiger partial charge in [0.2, 0.25) is 0 Å². The van der Waals surface area contributed by atoms with Crippen LogP contribution < -0.4 is 10.1 Å². The van der Waals surface area contributed by atoms with Crippen molar-refractivity contribution < 1.29 is 14.6 Å². The first-order valence-electron chi connectivity index (χ1n) is 10.6. The SMILES string of the molecule is C=C(C=N/C=C(\C)C(=O)O)c1csc(Nc2ccc(OCCCCCCCC)cc2)n1. The number of carbonyl (C=O) groups is 1. The van der Waals surface area contributed by atoms with E-state index in [4.69, 9.17) is 9.84 Å². The van der Waals surface area contributed by atoms with Crippen molar-refractivity contribution in [3.05, 3.63) is 53.7 Å². The molecule has 1 heterocycles.